The van der Waals surface area contributed by atoms with Crippen LogP contribution in [0.25, 0.3) is 0 Å². The second kappa shape index (κ2) is 9.95. The molecule has 15 heteroatoms. The van der Waals surface area contributed by atoms with Crippen molar-refractivity contribution < 1.29 is 52.8 Å². The van der Waals surface area contributed by atoms with Crippen molar-refractivity contribution in [3.63, 3.8) is 0 Å². The molecule has 5 nitrogen and oxygen atoms in total. The van der Waals surface area contributed by atoms with Gasteiger partial charge in [0.25, 0.3) is 0 Å². The highest BCUT2D eigenvalue weighted by Crippen LogP contribution is 2.37. The van der Waals surface area contributed by atoms with Crippen LogP contribution in [0.15, 0.2) is 41.6 Å². The molecule has 0 saturated carbocycles. The number of nitrogens with zero attached hydrogens (tertiary/aromatic N) is 1. The van der Waals surface area contributed by atoms with Crippen molar-refractivity contribution in [1.82, 2.24) is 0 Å². The first-order valence-corrected chi connectivity index (χ1v) is 11.0. The van der Waals surface area contributed by atoms with Crippen LogP contribution in [0.5, 0.6) is 0 Å². The van der Waals surface area contributed by atoms with Crippen LogP contribution in [-0.4, -0.2) is 19.6 Å². The minimum Gasteiger partial charge on any atom is -0.391 e. The molecule has 194 valence electrons. The van der Waals surface area contributed by atoms with E-state index in [1.54, 1.807) is 0 Å². The molecule has 2 aromatic carbocycles. The van der Waals surface area contributed by atoms with Crippen molar-refractivity contribution in [2.24, 2.45) is 5.16 Å². The summed E-state index contributed by atoms with van der Waals surface area (Å²) in [6.45, 7) is 2.08. The number of hydrogen-bond acceptors (Lipinski definition) is 4. The van der Waals surface area contributed by atoms with Gasteiger partial charge in [-0.15, -0.1) is 0 Å². The molecule has 0 spiro atoms. The average molecular weight is 536 g/mol. The summed E-state index contributed by atoms with van der Waals surface area (Å²) in [5.41, 5.74) is -9.71. The lowest BCUT2D eigenvalue weighted by molar-refractivity contribution is -0.143. The van der Waals surface area contributed by atoms with Crippen LogP contribution < -0.4 is 4.72 Å². The molecule has 0 aliphatic rings. The fourth-order valence-electron chi connectivity index (χ4n) is 2.81. The van der Waals surface area contributed by atoms with E-state index < -0.39 is 56.9 Å². The van der Waals surface area contributed by atoms with E-state index in [0.717, 1.165) is 6.07 Å². The number of benzene rings is 2. The second-order valence-corrected chi connectivity index (χ2v) is 8.81. The highest BCUT2D eigenvalue weighted by Gasteiger charge is 2.46. The van der Waals surface area contributed by atoms with Crippen LogP contribution in [0.2, 0.25) is 0 Å². The summed E-state index contributed by atoms with van der Waals surface area (Å²) in [5, 5.41) is 3.61. The molecular formula is C20H17F9N2O3S. The average Bonchev–Trinajstić information content (AvgIpc) is 2.70. The maximum Gasteiger partial charge on any atom is 0.516 e. The molecular weight excluding hydrogens is 519 g/mol. The van der Waals surface area contributed by atoms with Crippen molar-refractivity contribution >= 4 is 21.4 Å². The summed E-state index contributed by atoms with van der Waals surface area (Å²) in [4.78, 5) is 4.89. The van der Waals surface area contributed by atoms with E-state index in [0.29, 0.717) is 17.7 Å². The van der Waals surface area contributed by atoms with Gasteiger partial charge in [-0.3, -0.25) is 4.72 Å². The summed E-state index contributed by atoms with van der Waals surface area (Å²) >= 11 is 0. The molecule has 0 radical (unpaired) electrons. The maximum atomic E-state index is 13.3. The topological polar surface area (TPSA) is 67.8 Å². The number of sulfonamides is 1. The second-order valence-electron chi connectivity index (χ2n) is 7.13. The molecule has 0 saturated heterocycles. The Morgan fingerprint density at radius 2 is 1.57 bits per heavy atom. The molecule has 0 bridgehead atoms. The van der Waals surface area contributed by atoms with Gasteiger partial charge in [-0.2, -0.15) is 47.9 Å². The molecule has 1 N–H and O–H groups in total. The van der Waals surface area contributed by atoms with Gasteiger partial charge in [0.05, 0.1) is 22.5 Å². The Balaban J connectivity index is 2.41. The molecule has 0 aromatic heterocycles. The number of anilines is 1. The van der Waals surface area contributed by atoms with Crippen LogP contribution in [0.3, 0.4) is 0 Å². The highest BCUT2D eigenvalue weighted by atomic mass is 32.2. The van der Waals surface area contributed by atoms with E-state index in [4.69, 9.17) is 4.84 Å². The molecule has 0 amide bonds. The van der Waals surface area contributed by atoms with Gasteiger partial charge in [0.1, 0.15) is 6.61 Å². The number of aryl methyl sites for hydroxylation is 1. The summed E-state index contributed by atoms with van der Waals surface area (Å²) in [5.74, 6) is 0. The largest absolute Gasteiger partial charge is 0.516 e. The first-order valence-electron chi connectivity index (χ1n) is 9.53. The van der Waals surface area contributed by atoms with Crippen molar-refractivity contribution in [3.8, 4) is 0 Å². The fourth-order valence-corrected chi connectivity index (χ4v) is 3.40. The van der Waals surface area contributed by atoms with Crippen LogP contribution >= 0.6 is 0 Å². The van der Waals surface area contributed by atoms with Gasteiger partial charge in [-0.1, -0.05) is 29.8 Å². The molecule has 35 heavy (non-hydrogen) atoms. The molecule has 0 unspecified atom stereocenters. The van der Waals surface area contributed by atoms with Crippen molar-refractivity contribution in [1.29, 1.82) is 0 Å². The van der Waals surface area contributed by atoms with E-state index in [2.05, 4.69) is 5.16 Å². The lowest BCUT2D eigenvalue weighted by Crippen LogP contribution is -2.30. The molecule has 0 heterocycles. The molecule has 0 atom stereocenters. The zero-order valence-electron chi connectivity index (χ0n) is 17.9. The predicted molar refractivity (Wildman–Crippen MR) is 108 cm³/mol. The van der Waals surface area contributed by atoms with Gasteiger partial charge in [0.15, 0.2) is 0 Å². The Morgan fingerprint density at radius 3 is 2.09 bits per heavy atom. The van der Waals surface area contributed by atoms with Crippen LogP contribution in [0.1, 0.15) is 41.2 Å². The minimum absolute atomic E-state index is 0.0522. The Bertz CT molecular complexity index is 1200. The smallest absolute Gasteiger partial charge is 0.391 e. The number of rotatable bonds is 7. The maximum absolute atomic E-state index is 13.3. The first-order chi connectivity index (χ1) is 15.9. The Morgan fingerprint density at radius 1 is 0.943 bits per heavy atom. The third kappa shape index (κ3) is 7.02. The highest BCUT2D eigenvalue weighted by molar-refractivity contribution is 7.93. The van der Waals surface area contributed by atoms with E-state index in [1.807, 2.05) is 0 Å². The van der Waals surface area contributed by atoms with Crippen molar-refractivity contribution in [2.45, 2.75) is 44.7 Å². The van der Waals surface area contributed by atoms with E-state index in [-0.39, 0.29) is 23.8 Å². The Hall–Kier alpha value is -2.97. The standard InChI is InChI=1S/C20H17F9N2O3S/c1-3-16(14-8-11(2)4-7-17(14)31-35(32,33)20(27,28)29)30-34-10-12-5-6-13(18(21,22)23)9-15(12)19(24,25)26/h4-9,31H,3,10H2,1-2H3/b30-16+. The zero-order chi connectivity index (χ0) is 26.8. The SMILES string of the molecule is CC/C(=N\OCc1ccc(C(F)(F)F)cc1C(F)(F)F)c1cc(C)ccc1NS(=O)(=O)C(F)(F)F. The van der Waals surface area contributed by atoms with E-state index >= 15 is 0 Å². The first kappa shape index (κ1) is 28.3. The van der Waals surface area contributed by atoms with Gasteiger partial charge < -0.3 is 4.84 Å². The summed E-state index contributed by atoms with van der Waals surface area (Å²) in [6.07, 6.45) is -10.2. The van der Waals surface area contributed by atoms with Gasteiger partial charge in [0.2, 0.25) is 0 Å². The number of halogens is 9. The van der Waals surface area contributed by atoms with E-state index in [9.17, 15) is 47.9 Å². The van der Waals surface area contributed by atoms with Crippen molar-refractivity contribution in [3.05, 3.63) is 64.2 Å². The quantitative estimate of drug-likeness (QED) is 0.246. The minimum atomic E-state index is -5.79. The number of nitrogens with one attached hydrogen (secondary N) is 1. The summed E-state index contributed by atoms with van der Waals surface area (Å²) in [7, 11) is -5.79. The predicted octanol–water partition coefficient (Wildman–Crippen LogP) is 6.63. The third-order valence-corrected chi connectivity index (χ3v) is 5.61. The molecule has 2 aromatic rings. The monoisotopic (exact) mass is 536 g/mol. The van der Waals surface area contributed by atoms with Crippen LogP contribution in [0, 0.1) is 6.92 Å². The van der Waals surface area contributed by atoms with Gasteiger partial charge >= 0.3 is 27.9 Å². The lowest BCUT2D eigenvalue weighted by Gasteiger charge is -2.16. The number of alkyl halides is 9. The normalized spacial score (nSPS) is 13.6. The Kier molecular flexibility index (Phi) is 8.04. The molecule has 0 aliphatic heterocycles. The van der Waals surface area contributed by atoms with Gasteiger partial charge in [-0.05, 0) is 37.6 Å². The Labute approximate surface area is 193 Å². The molecule has 0 fully saturated rings. The molecule has 2 rings (SSSR count). The van der Waals surface area contributed by atoms with E-state index in [1.165, 1.54) is 30.7 Å². The van der Waals surface area contributed by atoms with Crippen LogP contribution in [0.4, 0.5) is 45.2 Å². The lowest BCUT2D eigenvalue weighted by atomic mass is 10.0. The summed E-state index contributed by atoms with van der Waals surface area (Å²) < 4.78 is 141. The van der Waals surface area contributed by atoms with Gasteiger partial charge in [-0.25, -0.2) is 0 Å². The number of oxime groups is 1. The fraction of sp³-hybridized carbons (Fsp3) is 0.350. The van der Waals surface area contributed by atoms with Crippen LogP contribution in [-0.2, 0) is 33.8 Å². The zero-order valence-corrected chi connectivity index (χ0v) is 18.7. The van der Waals surface area contributed by atoms with Gasteiger partial charge in [0, 0.05) is 11.1 Å². The van der Waals surface area contributed by atoms with Crippen molar-refractivity contribution in [2.75, 3.05) is 4.72 Å². The number of hydrogen-bond donors (Lipinski definition) is 1. The third-order valence-electron chi connectivity index (χ3n) is 4.51. The summed E-state index contributed by atoms with van der Waals surface area (Å²) in [6, 6.07) is 4.55. The molecule has 0 aliphatic carbocycles.